The number of aromatic amines is 1. The summed E-state index contributed by atoms with van der Waals surface area (Å²) in [5, 5.41) is 11.6. The largest absolute Gasteiger partial charge is 0.409 e. The molecule has 20 heavy (non-hydrogen) atoms. The topological polar surface area (TPSA) is 104 Å². The van der Waals surface area contributed by atoms with E-state index in [1.54, 1.807) is 18.5 Å². The minimum absolute atomic E-state index is 0.132. The molecule has 0 aliphatic carbocycles. The lowest BCUT2D eigenvalue weighted by Crippen LogP contribution is -2.26. The molecule has 2 aromatic rings. The van der Waals surface area contributed by atoms with Crippen molar-refractivity contribution in [2.75, 3.05) is 0 Å². The molecule has 4 N–H and O–H groups in total. The van der Waals surface area contributed by atoms with E-state index in [-0.39, 0.29) is 22.9 Å². The molecule has 2 rings (SSSR count). The third-order valence-electron chi connectivity index (χ3n) is 3.02. The van der Waals surface area contributed by atoms with Gasteiger partial charge in [-0.1, -0.05) is 19.0 Å². The molecule has 0 aromatic carbocycles. The predicted octanol–water partition coefficient (Wildman–Crippen LogP) is 1.65. The van der Waals surface area contributed by atoms with Crippen molar-refractivity contribution in [3.63, 3.8) is 0 Å². The summed E-state index contributed by atoms with van der Waals surface area (Å²) < 4.78 is 0. The lowest BCUT2D eigenvalue weighted by Gasteiger charge is -2.14. The number of nitrogens with two attached hydrogens (primary N) is 1. The van der Waals surface area contributed by atoms with Crippen LogP contribution >= 0.6 is 0 Å². The summed E-state index contributed by atoms with van der Waals surface area (Å²) >= 11 is 0. The molecule has 0 unspecified atom stereocenters. The molecular formula is C14H16N4O2. The quantitative estimate of drug-likeness (QED) is 0.342. The fourth-order valence-electron chi connectivity index (χ4n) is 2.01. The average molecular weight is 272 g/mol. The van der Waals surface area contributed by atoms with Gasteiger partial charge in [-0.05, 0) is 29.7 Å². The predicted molar refractivity (Wildman–Crippen MR) is 76.9 cm³/mol. The number of nitrogens with one attached hydrogen (secondary N) is 1. The number of pyridine rings is 2. The zero-order valence-electron chi connectivity index (χ0n) is 11.3. The van der Waals surface area contributed by atoms with E-state index >= 15 is 0 Å². The van der Waals surface area contributed by atoms with Gasteiger partial charge in [0, 0.05) is 23.7 Å². The van der Waals surface area contributed by atoms with Gasteiger partial charge in [0.25, 0.3) is 5.56 Å². The van der Waals surface area contributed by atoms with Crippen molar-refractivity contribution in [2.45, 2.75) is 19.8 Å². The first-order chi connectivity index (χ1) is 9.54. The van der Waals surface area contributed by atoms with Gasteiger partial charge in [-0.3, -0.25) is 9.78 Å². The van der Waals surface area contributed by atoms with Crippen LogP contribution in [0.1, 0.15) is 31.0 Å². The van der Waals surface area contributed by atoms with Crippen LogP contribution in [0.25, 0.3) is 11.1 Å². The standard InChI is InChI=1S/C14H16N4O2/c1-8(2)12-10(9-3-5-16-6-4-9)7-11(13(15)18-20)14(19)17-12/h3-8,20H,1-2H3,(H2,15,18)(H,17,19). The molecule has 0 radical (unpaired) electrons. The number of oxime groups is 1. The van der Waals surface area contributed by atoms with Crippen LogP contribution in [0.3, 0.4) is 0 Å². The van der Waals surface area contributed by atoms with Gasteiger partial charge in [0.05, 0.1) is 5.56 Å². The van der Waals surface area contributed by atoms with Gasteiger partial charge in [0.15, 0.2) is 5.84 Å². The van der Waals surface area contributed by atoms with Crippen LogP contribution in [0, 0.1) is 0 Å². The Bertz CT molecular complexity index is 690. The SMILES string of the molecule is CC(C)c1[nH]c(=O)c(C(N)=NO)cc1-c1ccncc1. The first-order valence-electron chi connectivity index (χ1n) is 6.20. The minimum Gasteiger partial charge on any atom is -0.409 e. The number of hydrogen-bond acceptors (Lipinski definition) is 4. The zero-order valence-corrected chi connectivity index (χ0v) is 11.3. The Morgan fingerprint density at radius 1 is 1.40 bits per heavy atom. The lowest BCUT2D eigenvalue weighted by atomic mass is 9.96. The second kappa shape index (κ2) is 5.56. The zero-order chi connectivity index (χ0) is 14.7. The highest BCUT2D eigenvalue weighted by atomic mass is 16.4. The van der Waals surface area contributed by atoms with Gasteiger partial charge < -0.3 is 15.9 Å². The molecule has 0 amide bonds. The van der Waals surface area contributed by atoms with E-state index in [2.05, 4.69) is 15.1 Å². The highest BCUT2D eigenvalue weighted by Gasteiger charge is 2.15. The second-order valence-corrected chi connectivity index (χ2v) is 4.72. The Labute approximate surface area is 116 Å². The molecule has 6 nitrogen and oxygen atoms in total. The average Bonchev–Trinajstić information content (AvgIpc) is 2.47. The Kier molecular flexibility index (Phi) is 3.84. The highest BCUT2D eigenvalue weighted by Crippen LogP contribution is 2.26. The van der Waals surface area contributed by atoms with Crippen molar-refractivity contribution >= 4 is 5.84 Å². The minimum atomic E-state index is -0.373. The molecular weight excluding hydrogens is 256 g/mol. The smallest absolute Gasteiger partial charge is 0.259 e. The number of rotatable bonds is 3. The van der Waals surface area contributed by atoms with Crippen LogP contribution in [0.4, 0.5) is 0 Å². The van der Waals surface area contributed by atoms with E-state index in [0.29, 0.717) is 0 Å². The number of H-pyrrole nitrogens is 1. The number of nitrogens with zero attached hydrogens (tertiary/aromatic N) is 2. The van der Waals surface area contributed by atoms with Gasteiger partial charge in [-0.25, -0.2) is 0 Å². The second-order valence-electron chi connectivity index (χ2n) is 4.72. The summed E-state index contributed by atoms with van der Waals surface area (Å²) in [7, 11) is 0. The first-order valence-corrected chi connectivity index (χ1v) is 6.20. The van der Waals surface area contributed by atoms with E-state index in [1.807, 2.05) is 26.0 Å². The number of hydrogen-bond donors (Lipinski definition) is 3. The molecule has 6 heteroatoms. The molecule has 0 bridgehead atoms. The number of amidine groups is 1. The van der Waals surface area contributed by atoms with Crippen molar-refractivity contribution in [2.24, 2.45) is 10.9 Å². The maximum atomic E-state index is 12.0. The fourth-order valence-corrected chi connectivity index (χ4v) is 2.01. The maximum absolute atomic E-state index is 12.0. The molecule has 0 aliphatic rings. The Hall–Kier alpha value is -2.63. The Morgan fingerprint density at radius 2 is 2.05 bits per heavy atom. The summed E-state index contributed by atoms with van der Waals surface area (Å²) in [5.74, 6) is -0.0796. The van der Waals surface area contributed by atoms with Crippen LogP contribution < -0.4 is 11.3 Å². The normalized spacial score (nSPS) is 11.8. The van der Waals surface area contributed by atoms with E-state index < -0.39 is 0 Å². The van der Waals surface area contributed by atoms with E-state index in [1.165, 1.54) is 0 Å². The van der Waals surface area contributed by atoms with Gasteiger partial charge >= 0.3 is 0 Å². The summed E-state index contributed by atoms with van der Waals surface area (Å²) in [6.07, 6.45) is 3.35. The van der Waals surface area contributed by atoms with Gasteiger partial charge in [0.2, 0.25) is 0 Å². The third-order valence-corrected chi connectivity index (χ3v) is 3.02. The van der Waals surface area contributed by atoms with Crippen LogP contribution in [0.5, 0.6) is 0 Å². The third kappa shape index (κ3) is 2.54. The van der Waals surface area contributed by atoms with Crippen molar-refractivity contribution in [3.05, 3.63) is 52.2 Å². The Morgan fingerprint density at radius 3 is 2.60 bits per heavy atom. The summed E-state index contributed by atoms with van der Waals surface area (Å²) in [4.78, 5) is 18.8. The summed E-state index contributed by atoms with van der Waals surface area (Å²) in [6, 6.07) is 5.32. The van der Waals surface area contributed by atoms with Crippen LogP contribution in [-0.2, 0) is 0 Å². The maximum Gasteiger partial charge on any atom is 0.259 e. The molecule has 104 valence electrons. The van der Waals surface area contributed by atoms with Crippen molar-refractivity contribution in [1.29, 1.82) is 0 Å². The van der Waals surface area contributed by atoms with Crippen LogP contribution in [0.15, 0.2) is 40.5 Å². The van der Waals surface area contributed by atoms with Gasteiger partial charge in [-0.15, -0.1) is 0 Å². The molecule has 0 spiro atoms. The monoisotopic (exact) mass is 272 g/mol. The molecule has 2 heterocycles. The lowest BCUT2D eigenvalue weighted by molar-refractivity contribution is 0.318. The van der Waals surface area contributed by atoms with Crippen LogP contribution in [0.2, 0.25) is 0 Å². The number of aromatic nitrogens is 2. The van der Waals surface area contributed by atoms with Gasteiger partial charge in [-0.2, -0.15) is 0 Å². The van der Waals surface area contributed by atoms with Crippen LogP contribution in [-0.4, -0.2) is 21.0 Å². The molecule has 0 atom stereocenters. The molecule has 0 saturated carbocycles. The molecule has 0 aliphatic heterocycles. The van der Waals surface area contributed by atoms with Gasteiger partial charge in [0.1, 0.15) is 0 Å². The van der Waals surface area contributed by atoms with Crippen molar-refractivity contribution < 1.29 is 5.21 Å². The summed E-state index contributed by atoms with van der Waals surface area (Å²) in [5.41, 5.74) is 7.85. The molecule has 2 aromatic heterocycles. The van der Waals surface area contributed by atoms with E-state index in [9.17, 15) is 4.79 Å². The fraction of sp³-hybridized carbons (Fsp3) is 0.214. The van der Waals surface area contributed by atoms with E-state index in [4.69, 9.17) is 10.9 Å². The molecule has 0 fully saturated rings. The Balaban J connectivity index is 2.74. The van der Waals surface area contributed by atoms with Crippen molar-refractivity contribution in [1.82, 2.24) is 9.97 Å². The highest BCUT2D eigenvalue weighted by molar-refractivity contribution is 5.97. The van der Waals surface area contributed by atoms with E-state index in [0.717, 1.165) is 16.8 Å². The first kappa shape index (κ1) is 13.8. The molecule has 0 saturated heterocycles. The van der Waals surface area contributed by atoms with Crippen molar-refractivity contribution in [3.8, 4) is 11.1 Å². The summed E-state index contributed by atoms with van der Waals surface area (Å²) in [6.45, 7) is 3.97.